The summed E-state index contributed by atoms with van der Waals surface area (Å²) in [6, 6.07) is 13.0. The Hall–Kier alpha value is -2.49. The lowest BCUT2D eigenvalue weighted by atomic mass is 10.1. The van der Waals surface area contributed by atoms with Crippen LogP contribution in [0.1, 0.15) is 35.7 Å². The molecule has 0 radical (unpaired) electrons. The Balaban J connectivity index is 2.12. The predicted molar refractivity (Wildman–Crippen MR) is 92.6 cm³/mol. The topological polar surface area (TPSA) is 47.6 Å². The van der Waals surface area contributed by atoms with Crippen molar-refractivity contribution in [1.29, 1.82) is 0 Å². The maximum absolute atomic E-state index is 12.4. The molecule has 0 atom stereocenters. The van der Waals surface area contributed by atoms with Crippen LogP contribution in [0.3, 0.4) is 0 Å². The van der Waals surface area contributed by atoms with Gasteiger partial charge in [0.15, 0.2) is 0 Å². The van der Waals surface area contributed by atoms with Gasteiger partial charge in [-0.2, -0.15) is 0 Å². The Morgan fingerprint density at radius 1 is 1.04 bits per heavy atom. The van der Waals surface area contributed by atoms with Crippen LogP contribution in [0.15, 0.2) is 42.5 Å². The van der Waals surface area contributed by atoms with E-state index < -0.39 is 0 Å². The Morgan fingerprint density at radius 2 is 1.78 bits per heavy atom. The predicted octanol–water partition coefficient (Wildman–Crippen LogP) is 4.30. The molecule has 0 saturated heterocycles. The smallest absolute Gasteiger partial charge is 0.255 e. The highest BCUT2D eigenvalue weighted by Crippen LogP contribution is 2.29. The minimum Gasteiger partial charge on any atom is -0.497 e. The van der Waals surface area contributed by atoms with Gasteiger partial charge in [0.2, 0.25) is 0 Å². The molecule has 0 bridgehead atoms. The third-order valence-electron chi connectivity index (χ3n) is 3.69. The monoisotopic (exact) mass is 313 g/mol. The average Bonchev–Trinajstić information content (AvgIpc) is 2.60. The molecule has 0 fully saturated rings. The molecule has 1 N–H and O–H groups in total. The van der Waals surface area contributed by atoms with Gasteiger partial charge in [-0.05, 0) is 42.7 Å². The number of hydrogen-bond donors (Lipinski definition) is 1. The molecule has 1 amide bonds. The van der Waals surface area contributed by atoms with Gasteiger partial charge in [0.25, 0.3) is 5.91 Å². The fourth-order valence-corrected chi connectivity index (χ4v) is 2.31. The quantitative estimate of drug-likeness (QED) is 0.829. The van der Waals surface area contributed by atoms with Gasteiger partial charge in [-0.1, -0.05) is 25.5 Å². The summed E-state index contributed by atoms with van der Waals surface area (Å²) in [7, 11) is 3.16. The molecule has 4 heteroatoms. The zero-order chi connectivity index (χ0) is 16.7. The fourth-order valence-electron chi connectivity index (χ4n) is 2.31. The molecule has 0 heterocycles. The van der Waals surface area contributed by atoms with E-state index in [9.17, 15) is 4.79 Å². The van der Waals surface area contributed by atoms with E-state index in [0.717, 1.165) is 19.3 Å². The Labute approximate surface area is 137 Å². The van der Waals surface area contributed by atoms with Crippen molar-refractivity contribution < 1.29 is 14.3 Å². The third kappa shape index (κ3) is 4.49. The SMILES string of the molecule is CCCCc1ccc(C(=O)Nc2cc(OC)ccc2OC)cc1. The summed E-state index contributed by atoms with van der Waals surface area (Å²) in [5.41, 5.74) is 2.46. The van der Waals surface area contributed by atoms with Crippen LogP contribution in [0.4, 0.5) is 5.69 Å². The maximum Gasteiger partial charge on any atom is 0.255 e. The van der Waals surface area contributed by atoms with E-state index in [1.807, 2.05) is 24.3 Å². The number of methoxy groups -OCH3 is 2. The van der Waals surface area contributed by atoms with Crippen LogP contribution >= 0.6 is 0 Å². The second-order valence-corrected chi connectivity index (χ2v) is 5.32. The van der Waals surface area contributed by atoms with Gasteiger partial charge in [-0.25, -0.2) is 0 Å². The lowest BCUT2D eigenvalue weighted by Gasteiger charge is -2.12. The molecule has 0 aromatic heterocycles. The summed E-state index contributed by atoms with van der Waals surface area (Å²) in [6.45, 7) is 2.17. The minimum absolute atomic E-state index is 0.168. The minimum atomic E-state index is -0.168. The number of benzene rings is 2. The Kier molecular flexibility index (Phi) is 6.03. The number of unbranched alkanes of at least 4 members (excludes halogenated alkanes) is 1. The molecule has 4 nitrogen and oxygen atoms in total. The van der Waals surface area contributed by atoms with Crippen molar-refractivity contribution in [2.75, 3.05) is 19.5 Å². The second kappa shape index (κ2) is 8.22. The van der Waals surface area contributed by atoms with Gasteiger partial charge in [0.05, 0.1) is 19.9 Å². The highest BCUT2D eigenvalue weighted by Gasteiger charge is 2.11. The number of carbonyl (C=O) groups excluding carboxylic acids is 1. The van der Waals surface area contributed by atoms with Crippen LogP contribution in [0.2, 0.25) is 0 Å². The molecule has 0 saturated carbocycles. The van der Waals surface area contributed by atoms with E-state index in [0.29, 0.717) is 22.7 Å². The van der Waals surface area contributed by atoms with Crippen molar-refractivity contribution in [3.8, 4) is 11.5 Å². The zero-order valence-corrected chi connectivity index (χ0v) is 13.9. The number of carbonyl (C=O) groups is 1. The molecule has 0 unspecified atom stereocenters. The average molecular weight is 313 g/mol. The molecule has 122 valence electrons. The zero-order valence-electron chi connectivity index (χ0n) is 13.9. The molecule has 0 aliphatic rings. The van der Waals surface area contributed by atoms with Gasteiger partial charge in [0.1, 0.15) is 11.5 Å². The van der Waals surface area contributed by atoms with Crippen molar-refractivity contribution in [2.24, 2.45) is 0 Å². The summed E-state index contributed by atoms with van der Waals surface area (Å²) in [4.78, 5) is 12.4. The van der Waals surface area contributed by atoms with Crippen LogP contribution in [0.5, 0.6) is 11.5 Å². The molecule has 0 spiro atoms. The highest BCUT2D eigenvalue weighted by molar-refractivity contribution is 6.05. The first-order chi connectivity index (χ1) is 11.2. The van der Waals surface area contributed by atoms with Gasteiger partial charge in [-0.15, -0.1) is 0 Å². The van der Waals surface area contributed by atoms with Crippen LogP contribution in [0, 0.1) is 0 Å². The van der Waals surface area contributed by atoms with Gasteiger partial charge < -0.3 is 14.8 Å². The van der Waals surface area contributed by atoms with Gasteiger partial charge >= 0.3 is 0 Å². The van der Waals surface area contributed by atoms with Crippen molar-refractivity contribution >= 4 is 11.6 Å². The lowest BCUT2D eigenvalue weighted by Crippen LogP contribution is -2.12. The maximum atomic E-state index is 12.4. The molecule has 2 rings (SSSR count). The van der Waals surface area contributed by atoms with E-state index in [4.69, 9.17) is 9.47 Å². The summed E-state index contributed by atoms with van der Waals surface area (Å²) in [5, 5.41) is 2.87. The van der Waals surface area contributed by atoms with E-state index >= 15 is 0 Å². The van der Waals surface area contributed by atoms with Crippen LogP contribution in [-0.4, -0.2) is 20.1 Å². The molecule has 0 aliphatic carbocycles. The summed E-state index contributed by atoms with van der Waals surface area (Å²) < 4.78 is 10.5. The van der Waals surface area contributed by atoms with Crippen LogP contribution in [-0.2, 0) is 6.42 Å². The lowest BCUT2D eigenvalue weighted by molar-refractivity contribution is 0.102. The van der Waals surface area contributed by atoms with Gasteiger partial charge in [-0.3, -0.25) is 4.79 Å². The fraction of sp³-hybridized carbons (Fsp3) is 0.316. The van der Waals surface area contributed by atoms with Crippen LogP contribution in [0.25, 0.3) is 0 Å². The van der Waals surface area contributed by atoms with Crippen molar-refractivity contribution in [2.45, 2.75) is 26.2 Å². The van der Waals surface area contributed by atoms with Gasteiger partial charge in [0, 0.05) is 11.6 Å². The first kappa shape index (κ1) is 16.9. The Bertz CT molecular complexity index is 650. The summed E-state index contributed by atoms with van der Waals surface area (Å²) >= 11 is 0. The first-order valence-electron chi connectivity index (χ1n) is 7.80. The molecule has 0 aliphatic heterocycles. The normalized spacial score (nSPS) is 10.2. The molecular formula is C19H23NO3. The first-order valence-corrected chi connectivity index (χ1v) is 7.80. The summed E-state index contributed by atoms with van der Waals surface area (Å²) in [6.07, 6.45) is 3.37. The molecule has 23 heavy (non-hydrogen) atoms. The number of amides is 1. The number of rotatable bonds is 7. The standard InChI is InChI=1S/C19H23NO3/c1-4-5-6-14-7-9-15(10-8-14)19(21)20-17-13-16(22-2)11-12-18(17)23-3/h7-13H,4-6H2,1-3H3,(H,20,21). The summed E-state index contributed by atoms with van der Waals surface area (Å²) in [5.74, 6) is 1.09. The molecular weight excluding hydrogens is 290 g/mol. The van der Waals surface area contributed by atoms with Crippen molar-refractivity contribution in [3.63, 3.8) is 0 Å². The second-order valence-electron chi connectivity index (χ2n) is 5.32. The van der Waals surface area contributed by atoms with Crippen molar-refractivity contribution in [3.05, 3.63) is 53.6 Å². The number of ether oxygens (including phenoxy) is 2. The third-order valence-corrected chi connectivity index (χ3v) is 3.69. The van der Waals surface area contributed by atoms with Crippen LogP contribution < -0.4 is 14.8 Å². The largest absolute Gasteiger partial charge is 0.497 e. The van der Waals surface area contributed by atoms with E-state index in [-0.39, 0.29) is 5.91 Å². The van der Waals surface area contributed by atoms with E-state index in [2.05, 4.69) is 12.2 Å². The number of anilines is 1. The highest BCUT2D eigenvalue weighted by atomic mass is 16.5. The molecule has 2 aromatic rings. The van der Waals surface area contributed by atoms with E-state index in [1.165, 1.54) is 5.56 Å². The number of nitrogens with one attached hydrogen (secondary N) is 1. The Morgan fingerprint density at radius 3 is 2.39 bits per heavy atom. The van der Waals surface area contributed by atoms with E-state index in [1.54, 1.807) is 32.4 Å². The molecule has 2 aromatic carbocycles. The van der Waals surface area contributed by atoms with Crippen molar-refractivity contribution in [1.82, 2.24) is 0 Å². The number of aryl methyl sites for hydroxylation is 1. The number of hydrogen-bond acceptors (Lipinski definition) is 3.